The van der Waals surface area contributed by atoms with E-state index in [0.29, 0.717) is 17.2 Å². The van der Waals surface area contributed by atoms with Crippen LogP contribution in [0.1, 0.15) is 31.1 Å². The van der Waals surface area contributed by atoms with Crippen LogP contribution in [0.4, 0.5) is 5.69 Å². The molecule has 1 aliphatic rings. The number of nitrogens with zero attached hydrogens (tertiary/aromatic N) is 1. The molecule has 123 valence electrons. The van der Waals surface area contributed by atoms with Gasteiger partial charge in [0, 0.05) is 0 Å². The van der Waals surface area contributed by atoms with Crippen LogP contribution in [0.5, 0.6) is 11.5 Å². The predicted molar refractivity (Wildman–Crippen MR) is 89.3 cm³/mol. The first-order chi connectivity index (χ1) is 11.3. The number of esters is 1. The van der Waals surface area contributed by atoms with Crippen molar-refractivity contribution in [1.82, 2.24) is 0 Å². The van der Waals surface area contributed by atoms with Crippen LogP contribution in [-0.4, -0.2) is 24.0 Å². The molecule has 5 nitrogen and oxygen atoms in total. The summed E-state index contributed by atoms with van der Waals surface area (Å²) in [6.07, 6.45) is 0. The Bertz CT molecular complexity index is 792. The Labute approximate surface area is 140 Å². The highest BCUT2D eigenvalue weighted by Gasteiger charge is 2.30. The van der Waals surface area contributed by atoms with Gasteiger partial charge in [-0.15, -0.1) is 0 Å². The smallest absolute Gasteiger partial charge is 0.326 e. The third kappa shape index (κ3) is 3.25. The van der Waals surface area contributed by atoms with Gasteiger partial charge in [-0.25, -0.2) is 0 Å². The highest BCUT2D eigenvalue weighted by Crippen LogP contribution is 2.38. The number of benzene rings is 2. The fraction of sp³-hybridized carbons (Fsp3) is 0.263. The highest BCUT2D eigenvalue weighted by atomic mass is 16.6. The first-order valence-electron chi connectivity index (χ1n) is 7.66. The van der Waals surface area contributed by atoms with Gasteiger partial charge in [0.2, 0.25) is 0 Å². The van der Waals surface area contributed by atoms with Crippen LogP contribution in [0.15, 0.2) is 42.5 Å². The topological polar surface area (TPSA) is 55.8 Å². The lowest BCUT2D eigenvalue weighted by atomic mass is 10.1. The van der Waals surface area contributed by atoms with Gasteiger partial charge in [-0.2, -0.15) is 0 Å². The van der Waals surface area contributed by atoms with E-state index in [0.717, 1.165) is 0 Å². The summed E-state index contributed by atoms with van der Waals surface area (Å²) in [4.78, 5) is 26.5. The van der Waals surface area contributed by atoms with Crippen molar-refractivity contribution in [3.05, 3.63) is 54.1 Å². The number of hydrogen-bond acceptors (Lipinski definition) is 4. The molecule has 0 atom stereocenters. The molecule has 5 heteroatoms. The molecule has 1 aliphatic heterocycles. The fourth-order valence-electron chi connectivity index (χ4n) is 2.46. The molecule has 0 unspecified atom stereocenters. The summed E-state index contributed by atoms with van der Waals surface area (Å²) in [5, 5.41) is 0. The summed E-state index contributed by atoms with van der Waals surface area (Å²) < 4.78 is 11.2. The number of carbonyl (C=O) groups is 2. The maximum Gasteiger partial charge on any atom is 0.326 e. The molecule has 2 aromatic rings. The van der Waals surface area contributed by atoms with E-state index in [2.05, 4.69) is 6.07 Å². The molecular weight excluding hydrogens is 306 g/mol. The van der Waals surface area contributed by atoms with Crippen molar-refractivity contribution in [3.63, 3.8) is 0 Å². The maximum atomic E-state index is 12.9. The summed E-state index contributed by atoms with van der Waals surface area (Å²) in [6, 6.07) is 15.1. The van der Waals surface area contributed by atoms with Gasteiger partial charge in [0.05, 0.1) is 11.3 Å². The molecule has 3 rings (SSSR count). The summed E-state index contributed by atoms with van der Waals surface area (Å²) in [5.74, 6) is 0.0980. The number of carbonyl (C=O) groups excluding carboxylic acids is 2. The summed E-state index contributed by atoms with van der Waals surface area (Å²) in [7, 11) is 0. The van der Waals surface area contributed by atoms with Crippen LogP contribution in [-0.2, 0) is 9.53 Å². The van der Waals surface area contributed by atoms with Crippen LogP contribution in [0, 0.1) is 6.07 Å². The van der Waals surface area contributed by atoms with E-state index in [1.165, 1.54) is 4.90 Å². The molecule has 2 aromatic carbocycles. The van der Waals surface area contributed by atoms with Crippen LogP contribution >= 0.6 is 0 Å². The fourth-order valence-corrected chi connectivity index (χ4v) is 2.46. The number of ether oxygens (including phenoxy) is 2. The second-order valence-corrected chi connectivity index (χ2v) is 6.46. The summed E-state index contributed by atoms with van der Waals surface area (Å²) in [5.41, 5.74) is 0.196. The van der Waals surface area contributed by atoms with E-state index in [-0.39, 0.29) is 18.0 Å². The van der Waals surface area contributed by atoms with Gasteiger partial charge >= 0.3 is 5.97 Å². The van der Waals surface area contributed by atoms with Crippen molar-refractivity contribution < 1.29 is 19.1 Å². The number of anilines is 1. The number of amides is 1. The van der Waals surface area contributed by atoms with E-state index in [1.54, 1.807) is 57.2 Å². The molecule has 24 heavy (non-hydrogen) atoms. The number of fused-ring (bicyclic) bond motifs is 2. The molecule has 1 heterocycles. The Morgan fingerprint density at radius 1 is 1.17 bits per heavy atom. The third-order valence-corrected chi connectivity index (χ3v) is 3.36. The lowest BCUT2D eigenvalue weighted by molar-refractivity contribution is -0.152. The molecule has 0 bridgehead atoms. The zero-order valence-corrected chi connectivity index (χ0v) is 13.8. The normalized spacial score (nSPS) is 13.5. The standard InChI is InChI=1S/C19H18NO4/c1-19(2,3)24-17(21)12-20-14-9-5-7-11-16(14)23-15-10-6-4-8-13(15)18(20)22/h4-7,9-11H,12H2,1-3H3. The van der Waals surface area contributed by atoms with Crippen molar-refractivity contribution >= 4 is 17.6 Å². The average Bonchev–Trinajstić information content (AvgIpc) is 2.62. The van der Waals surface area contributed by atoms with Gasteiger partial charge in [0.25, 0.3) is 5.91 Å². The van der Waals surface area contributed by atoms with E-state index < -0.39 is 11.6 Å². The second-order valence-electron chi connectivity index (χ2n) is 6.46. The second kappa shape index (κ2) is 6.00. The predicted octanol–water partition coefficient (Wildman–Crippen LogP) is 3.58. The van der Waals surface area contributed by atoms with E-state index >= 15 is 0 Å². The quantitative estimate of drug-likeness (QED) is 0.792. The maximum absolute atomic E-state index is 12.9. The molecule has 0 saturated heterocycles. The Hall–Kier alpha value is -2.82. The number of para-hydroxylation sites is 2. The van der Waals surface area contributed by atoms with Crippen LogP contribution in [0.3, 0.4) is 0 Å². The van der Waals surface area contributed by atoms with Crippen molar-refractivity contribution in [2.75, 3.05) is 11.4 Å². The minimum Gasteiger partial charge on any atom is -0.459 e. The molecule has 0 aromatic heterocycles. The SMILES string of the molecule is CC(C)(C)OC(=O)CN1C(=O)c2[c]cccc2Oc2ccccc21. The Kier molecular flexibility index (Phi) is 4.01. The molecule has 0 spiro atoms. The van der Waals surface area contributed by atoms with Crippen molar-refractivity contribution in [2.45, 2.75) is 26.4 Å². The first-order valence-corrected chi connectivity index (χ1v) is 7.66. The van der Waals surface area contributed by atoms with Crippen LogP contribution in [0.2, 0.25) is 0 Å². The number of hydrogen-bond donors (Lipinski definition) is 0. The van der Waals surface area contributed by atoms with Crippen molar-refractivity contribution in [3.8, 4) is 11.5 Å². The minimum absolute atomic E-state index is 0.196. The van der Waals surface area contributed by atoms with Gasteiger partial charge in [-0.05, 0) is 45.0 Å². The van der Waals surface area contributed by atoms with Gasteiger partial charge in [-0.3, -0.25) is 14.5 Å². The zero-order chi connectivity index (χ0) is 17.3. The Morgan fingerprint density at radius 2 is 1.88 bits per heavy atom. The molecule has 1 radical (unpaired) electrons. The van der Waals surface area contributed by atoms with Crippen LogP contribution in [0.25, 0.3) is 0 Å². The lowest BCUT2D eigenvalue weighted by Gasteiger charge is -2.24. The summed E-state index contributed by atoms with van der Waals surface area (Å²) >= 11 is 0. The van der Waals surface area contributed by atoms with E-state index in [1.807, 2.05) is 6.07 Å². The van der Waals surface area contributed by atoms with Gasteiger partial charge in [0.1, 0.15) is 17.9 Å². The Morgan fingerprint density at radius 3 is 2.62 bits per heavy atom. The van der Waals surface area contributed by atoms with Crippen molar-refractivity contribution in [2.24, 2.45) is 0 Å². The Balaban J connectivity index is 2.00. The summed E-state index contributed by atoms with van der Waals surface area (Å²) in [6.45, 7) is 5.17. The molecule has 0 saturated carbocycles. The third-order valence-electron chi connectivity index (χ3n) is 3.36. The minimum atomic E-state index is -0.619. The first kappa shape index (κ1) is 16.1. The average molecular weight is 324 g/mol. The van der Waals surface area contributed by atoms with E-state index in [9.17, 15) is 9.59 Å². The lowest BCUT2D eigenvalue weighted by Crippen LogP contribution is -2.38. The van der Waals surface area contributed by atoms with Gasteiger partial charge in [0.15, 0.2) is 5.75 Å². The molecule has 1 amide bonds. The van der Waals surface area contributed by atoms with Gasteiger partial charge < -0.3 is 9.47 Å². The molecular formula is C19H18NO4. The van der Waals surface area contributed by atoms with Crippen molar-refractivity contribution in [1.29, 1.82) is 0 Å². The molecule has 0 aliphatic carbocycles. The van der Waals surface area contributed by atoms with Crippen LogP contribution < -0.4 is 9.64 Å². The monoisotopic (exact) mass is 324 g/mol. The molecule has 0 N–H and O–H groups in total. The van der Waals surface area contributed by atoms with E-state index in [4.69, 9.17) is 9.47 Å². The number of rotatable bonds is 2. The zero-order valence-electron chi connectivity index (χ0n) is 13.8. The molecule has 0 fully saturated rings. The highest BCUT2D eigenvalue weighted by molar-refractivity contribution is 6.11. The largest absolute Gasteiger partial charge is 0.459 e. The van der Waals surface area contributed by atoms with Gasteiger partial charge in [-0.1, -0.05) is 24.3 Å².